The van der Waals surface area contributed by atoms with E-state index in [9.17, 15) is 19.2 Å². The minimum Gasteiger partial charge on any atom is -0.468 e. The zero-order chi connectivity index (χ0) is 19.5. The van der Waals surface area contributed by atoms with Gasteiger partial charge in [0.2, 0.25) is 17.7 Å². The molecule has 9 heteroatoms. The van der Waals surface area contributed by atoms with Crippen LogP contribution in [-0.2, 0) is 30.3 Å². The van der Waals surface area contributed by atoms with Crippen molar-refractivity contribution in [2.75, 3.05) is 20.2 Å². The number of ether oxygens (including phenoxy) is 1. The number of esters is 1. The van der Waals surface area contributed by atoms with Crippen molar-refractivity contribution < 1.29 is 23.9 Å². The van der Waals surface area contributed by atoms with E-state index in [1.807, 2.05) is 30.3 Å². The van der Waals surface area contributed by atoms with Gasteiger partial charge in [-0.1, -0.05) is 30.3 Å². The Bertz CT molecular complexity index is 633. The normalized spacial score (nSPS) is 12.4. The van der Waals surface area contributed by atoms with E-state index in [-0.39, 0.29) is 19.5 Å². The molecule has 0 saturated heterocycles. The van der Waals surface area contributed by atoms with E-state index in [0.717, 1.165) is 5.56 Å². The fourth-order valence-electron chi connectivity index (χ4n) is 1.96. The minimum atomic E-state index is -0.885. The van der Waals surface area contributed by atoms with Crippen LogP contribution in [0.25, 0.3) is 0 Å². The van der Waals surface area contributed by atoms with Gasteiger partial charge in [-0.3, -0.25) is 19.2 Å². The molecule has 0 aliphatic carbocycles. The summed E-state index contributed by atoms with van der Waals surface area (Å²) in [5, 5.41) is 7.30. The lowest BCUT2D eigenvalue weighted by Crippen LogP contribution is -2.53. The molecule has 0 unspecified atom stereocenters. The van der Waals surface area contributed by atoms with Gasteiger partial charge in [-0.15, -0.1) is 0 Å². The van der Waals surface area contributed by atoms with E-state index in [4.69, 9.17) is 5.73 Å². The third-order valence-corrected chi connectivity index (χ3v) is 3.41. The van der Waals surface area contributed by atoms with Crippen molar-refractivity contribution in [2.45, 2.75) is 25.4 Å². The molecule has 1 rings (SSSR count). The SMILES string of the molecule is COC(=O)CNC(=O)CNC(=O)[C@H](Cc1ccccc1)NC(=O)[C@H](C)N. The average Bonchev–Trinajstić information content (AvgIpc) is 2.64. The van der Waals surface area contributed by atoms with E-state index in [0.29, 0.717) is 0 Å². The van der Waals surface area contributed by atoms with Crippen molar-refractivity contribution in [2.24, 2.45) is 5.73 Å². The number of methoxy groups -OCH3 is 1. The van der Waals surface area contributed by atoms with Crippen LogP contribution in [0.3, 0.4) is 0 Å². The standard InChI is InChI=1S/C17H24N4O5/c1-11(18)16(24)21-13(8-12-6-4-3-5-7-12)17(25)20-9-14(22)19-10-15(23)26-2/h3-7,11,13H,8-10,18H2,1-2H3,(H,19,22)(H,20,25)(H,21,24)/t11-,13-/m0/s1. The summed E-state index contributed by atoms with van der Waals surface area (Å²) in [4.78, 5) is 46.8. The Hall–Kier alpha value is -2.94. The van der Waals surface area contributed by atoms with Crippen LogP contribution in [0, 0.1) is 0 Å². The van der Waals surface area contributed by atoms with Gasteiger partial charge in [-0.25, -0.2) is 0 Å². The summed E-state index contributed by atoms with van der Waals surface area (Å²) >= 11 is 0. The molecule has 9 nitrogen and oxygen atoms in total. The van der Waals surface area contributed by atoms with E-state index in [1.54, 1.807) is 0 Å². The summed E-state index contributed by atoms with van der Waals surface area (Å²) < 4.78 is 4.40. The Morgan fingerprint density at radius 2 is 1.69 bits per heavy atom. The quantitative estimate of drug-likeness (QED) is 0.392. The van der Waals surface area contributed by atoms with Crippen molar-refractivity contribution in [1.29, 1.82) is 0 Å². The molecule has 0 aromatic heterocycles. The Morgan fingerprint density at radius 1 is 1.04 bits per heavy atom. The third-order valence-electron chi connectivity index (χ3n) is 3.41. The number of nitrogens with one attached hydrogen (secondary N) is 3. The minimum absolute atomic E-state index is 0.245. The fraction of sp³-hybridized carbons (Fsp3) is 0.412. The van der Waals surface area contributed by atoms with Gasteiger partial charge in [-0.2, -0.15) is 0 Å². The Morgan fingerprint density at radius 3 is 2.27 bits per heavy atom. The monoisotopic (exact) mass is 364 g/mol. The van der Waals surface area contributed by atoms with E-state index in [1.165, 1.54) is 14.0 Å². The van der Waals surface area contributed by atoms with E-state index < -0.39 is 35.8 Å². The van der Waals surface area contributed by atoms with Crippen molar-refractivity contribution in [3.05, 3.63) is 35.9 Å². The van der Waals surface area contributed by atoms with Crippen LogP contribution >= 0.6 is 0 Å². The summed E-state index contributed by atoms with van der Waals surface area (Å²) in [7, 11) is 1.20. The highest BCUT2D eigenvalue weighted by molar-refractivity contribution is 5.92. The van der Waals surface area contributed by atoms with Crippen molar-refractivity contribution in [3.8, 4) is 0 Å². The number of nitrogens with two attached hydrogens (primary N) is 1. The van der Waals surface area contributed by atoms with Crippen LogP contribution in [0.5, 0.6) is 0 Å². The number of hydrogen-bond acceptors (Lipinski definition) is 6. The molecule has 26 heavy (non-hydrogen) atoms. The van der Waals surface area contributed by atoms with Crippen molar-refractivity contribution in [3.63, 3.8) is 0 Å². The molecule has 3 amide bonds. The maximum atomic E-state index is 12.4. The molecule has 1 aromatic carbocycles. The molecule has 0 saturated carbocycles. The molecule has 0 aliphatic rings. The topological polar surface area (TPSA) is 140 Å². The second kappa shape index (κ2) is 10.8. The van der Waals surface area contributed by atoms with Crippen LogP contribution in [0.15, 0.2) is 30.3 Å². The smallest absolute Gasteiger partial charge is 0.325 e. The number of amides is 3. The summed E-state index contributed by atoms with van der Waals surface area (Å²) in [6.07, 6.45) is 0.245. The first kappa shape index (κ1) is 21.1. The van der Waals surface area contributed by atoms with Gasteiger partial charge in [0, 0.05) is 6.42 Å². The zero-order valence-corrected chi connectivity index (χ0v) is 14.8. The molecular formula is C17H24N4O5. The van der Waals surface area contributed by atoms with Crippen LogP contribution < -0.4 is 21.7 Å². The van der Waals surface area contributed by atoms with Crippen molar-refractivity contribution in [1.82, 2.24) is 16.0 Å². The van der Waals surface area contributed by atoms with Gasteiger partial charge in [0.1, 0.15) is 12.6 Å². The number of carbonyl (C=O) groups excluding carboxylic acids is 4. The van der Waals surface area contributed by atoms with Crippen LogP contribution in [0.1, 0.15) is 12.5 Å². The van der Waals surface area contributed by atoms with Crippen LogP contribution in [0.4, 0.5) is 0 Å². The first-order valence-electron chi connectivity index (χ1n) is 8.04. The molecule has 0 radical (unpaired) electrons. The van der Waals surface area contributed by atoms with Crippen LogP contribution in [0.2, 0.25) is 0 Å². The van der Waals surface area contributed by atoms with Gasteiger partial charge in [0.15, 0.2) is 0 Å². The fourth-order valence-corrected chi connectivity index (χ4v) is 1.96. The predicted molar refractivity (Wildman–Crippen MR) is 93.8 cm³/mol. The maximum absolute atomic E-state index is 12.4. The molecule has 0 spiro atoms. The predicted octanol–water partition coefficient (Wildman–Crippen LogP) is -1.53. The van der Waals surface area contributed by atoms with Crippen molar-refractivity contribution >= 4 is 23.7 Å². The molecule has 0 heterocycles. The Labute approximate surface area is 151 Å². The third kappa shape index (κ3) is 7.75. The first-order valence-corrected chi connectivity index (χ1v) is 8.04. The van der Waals surface area contributed by atoms with Gasteiger partial charge >= 0.3 is 5.97 Å². The Balaban J connectivity index is 2.64. The lowest BCUT2D eigenvalue weighted by Gasteiger charge is -2.19. The van der Waals surface area contributed by atoms with Gasteiger partial charge in [-0.05, 0) is 12.5 Å². The number of hydrogen-bond donors (Lipinski definition) is 4. The van der Waals surface area contributed by atoms with E-state index >= 15 is 0 Å². The molecule has 142 valence electrons. The van der Waals surface area contributed by atoms with E-state index in [2.05, 4.69) is 20.7 Å². The lowest BCUT2D eigenvalue weighted by atomic mass is 10.0. The average molecular weight is 364 g/mol. The van der Waals surface area contributed by atoms with Crippen LogP contribution in [-0.4, -0.2) is 56.0 Å². The first-order chi connectivity index (χ1) is 12.3. The van der Waals surface area contributed by atoms with Gasteiger partial charge in [0.25, 0.3) is 0 Å². The highest BCUT2D eigenvalue weighted by Gasteiger charge is 2.23. The molecule has 5 N–H and O–H groups in total. The maximum Gasteiger partial charge on any atom is 0.325 e. The summed E-state index contributed by atoms with van der Waals surface area (Å²) in [5.74, 6) is -2.16. The zero-order valence-electron chi connectivity index (χ0n) is 14.8. The largest absolute Gasteiger partial charge is 0.468 e. The molecule has 0 bridgehead atoms. The second-order valence-corrected chi connectivity index (χ2v) is 5.61. The summed E-state index contributed by atoms with van der Waals surface area (Å²) in [6.45, 7) is 0.877. The molecular weight excluding hydrogens is 340 g/mol. The molecule has 2 atom stereocenters. The second-order valence-electron chi connectivity index (χ2n) is 5.61. The molecule has 0 fully saturated rings. The molecule has 1 aromatic rings. The summed E-state index contributed by atoms with van der Waals surface area (Å²) in [5.41, 5.74) is 6.37. The number of rotatable bonds is 9. The number of benzene rings is 1. The highest BCUT2D eigenvalue weighted by atomic mass is 16.5. The van der Waals surface area contributed by atoms with Gasteiger partial charge < -0.3 is 26.4 Å². The molecule has 0 aliphatic heterocycles. The van der Waals surface area contributed by atoms with Gasteiger partial charge in [0.05, 0.1) is 19.7 Å². The highest BCUT2D eigenvalue weighted by Crippen LogP contribution is 2.04. The lowest BCUT2D eigenvalue weighted by molar-refractivity contribution is -0.141. The number of carbonyl (C=O) groups is 4. The Kier molecular flexibility index (Phi) is 8.79. The summed E-state index contributed by atoms with van der Waals surface area (Å²) in [6, 6.07) is 7.46.